The first kappa shape index (κ1) is 20.5. The van der Waals surface area contributed by atoms with E-state index in [-0.39, 0.29) is 24.6 Å². The van der Waals surface area contributed by atoms with Crippen LogP contribution in [0.1, 0.15) is 12.5 Å². The van der Waals surface area contributed by atoms with Gasteiger partial charge in [0, 0.05) is 34.2 Å². The number of guanidine groups is 1. The summed E-state index contributed by atoms with van der Waals surface area (Å²) >= 11 is 0. The molecule has 0 unspecified atom stereocenters. The number of benzene rings is 1. The van der Waals surface area contributed by atoms with Crippen LogP contribution >= 0.6 is 0 Å². The van der Waals surface area contributed by atoms with Crippen molar-refractivity contribution in [2.75, 3.05) is 34.2 Å². The molecule has 0 saturated heterocycles. The Morgan fingerprint density at radius 3 is 2.24 bits per heavy atom. The Balaban J connectivity index is 2.94. The van der Waals surface area contributed by atoms with Crippen LogP contribution in [0, 0.1) is 17.5 Å². The Hall–Kier alpha value is -2.51. The van der Waals surface area contributed by atoms with E-state index in [0.717, 1.165) is 17.7 Å². The van der Waals surface area contributed by atoms with Crippen LogP contribution in [0.25, 0.3) is 0 Å². The molecule has 1 aromatic carbocycles. The molecule has 0 aliphatic heterocycles. The van der Waals surface area contributed by atoms with Gasteiger partial charge in [0.2, 0.25) is 5.91 Å². The van der Waals surface area contributed by atoms with Crippen molar-refractivity contribution in [3.63, 3.8) is 0 Å². The summed E-state index contributed by atoms with van der Waals surface area (Å²) in [6.45, 7) is 6.01. The molecular formula is C17H23F3N4O. The van der Waals surface area contributed by atoms with Crippen molar-refractivity contribution in [2.24, 2.45) is 4.99 Å². The third kappa shape index (κ3) is 6.48. The van der Waals surface area contributed by atoms with E-state index in [2.05, 4.69) is 16.9 Å². The van der Waals surface area contributed by atoms with Gasteiger partial charge in [0.15, 0.2) is 23.4 Å². The Kier molecular flexibility index (Phi) is 7.47. The number of hydrogen-bond acceptors (Lipinski definition) is 2. The molecular weight excluding hydrogens is 333 g/mol. The molecule has 138 valence electrons. The van der Waals surface area contributed by atoms with Crippen LogP contribution in [-0.2, 0) is 11.3 Å². The minimum absolute atomic E-state index is 0.0757. The predicted molar refractivity (Wildman–Crippen MR) is 91.6 cm³/mol. The van der Waals surface area contributed by atoms with Gasteiger partial charge in [-0.3, -0.25) is 4.79 Å². The van der Waals surface area contributed by atoms with Crippen LogP contribution < -0.4 is 5.32 Å². The Morgan fingerprint density at radius 2 is 1.76 bits per heavy atom. The fraction of sp³-hybridized carbons (Fsp3) is 0.412. The first-order valence-corrected chi connectivity index (χ1v) is 7.59. The van der Waals surface area contributed by atoms with Crippen molar-refractivity contribution in [2.45, 2.75) is 13.5 Å². The molecule has 0 bridgehead atoms. The molecule has 1 amide bonds. The molecule has 0 aliphatic rings. The second-order valence-electron chi connectivity index (χ2n) is 5.97. The number of nitrogens with zero attached hydrogens (tertiary/aromatic N) is 3. The molecule has 0 atom stereocenters. The zero-order valence-electron chi connectivity index (χ0n) is 14.9. The zero-order valence-corrected chi connectivity index (χ0v) is 14.9. The molecule has 0 aromatic heterocycles. The van der Waals surface area contributed by atoms with E-state index in [0.29, 0.717) is 12.5 Å². The molecule has 0 spiro atoms. The molecule has 0 heterocycles. The first-order chi connectivity index (χ1) is 11.6. The number of carbonyl (C=O) groups excluding carboxylic acids is 1. The second-order valence-corrected chi connectivity index (χ2v) is 5.97. The van der Waals surface area contributed by atoms with Gasteiger partial charge < -0.3 is 15.1 Å². The number of amides is 1. The van der Waals surface area contributed by atoms with Crippen molar-refractivity contribution in [1.82, 2.24) is 15.1 Å². The van der Waals surface area contributed by atoms with Crippen LogP contribution in [0.3, 0.4) is 0 Å². The molecule has 0 saturated carbocycles. The largest absolute Gasteiger partial charge is 0.353 e. The van der Waals surface area contributed by atoms with Gasteiger partial charge in [-0.25, -0.2) is 18.2 Å². The van der Waals surface area contributed by atoms with E-state index in [9.17, 15) is 18.0 Å². The Bertz CT molecular complexity index is 651. The van der Waals surface area contributed by atoms with E-state index in [1.807, 2.05) is 6.92 Å². The lowest BCUT2D eigenvalue weighted by atomic mass is 10.2. The van der Waals surface area contributed by atoms with Crippen LogP contribution in [0.4, 0.5) is 13.2 Å². The highest BCUT2D eigenvalue weighted by molar-refractivity contribution is 5.84. The normalized spacial score (nSPS) is 11.2. The highest BCUT2D eigenvalue weighted by Gasteiger charge is 2.14. The van der Waals surface area contributed by atoms with E-state index >= 15 is 0 Å². The summed E-state index contributed by atoms with van der Waals surface area (Å²) in [7, 11) is 4.88. The molecule has 5 nitrogen and oxygen atoms in total. The number of aliphatic imine (C=N–C) groups is 1. The lowest BCUT2D eigenvalue weighted by molar-refractivity contribution is -0.127. The van der Waals surface area contributed by atoms with Gasteiger partial charge in [0.1, 0.15) is 6.54 Å². The summed E-state index contributed by atoms with van der Waals surface area (Å²) in [5.74, 6) is -3.83. The van der Waals surface area contributed by atoms with Gasteiger partial charge in [0.05, 0.1) is 0 Å². The fourth-order valence-corrected chi connectivity index (χ4v) is 1.87. The highest BCUT2D eigenvalue weighted by atomic mass is 19.2. The topological polar surface area (TPSA) is 47.9 Å². The lowest BCUT2D eigenvalue weighted by Crippen LogP contribution is -2.40. The van der Waals surface area contributed by atoms with E-state index < -0.39 is 17.5 Å². The summed E-state index contributed by atoms with van der Waals surface area (Å²) in [6.07, 6.45) is 0. The van der Waals surface area contributed by atoms with Crippen molar-refractivity contribution >= 4 is 11.9 Å². The fourth-order valence-electron chi connectivity index (χ4n) is 1.87. The number of likely N-dealkylation sites (N-methyl/N-ethyl adjacent to an activating group) is 1. The number of nitrogens with one attached hydrogen (secondary N) is 1. The van der Waals surface area contributed by atoms with Crippen molar-refractivity contribution in [3.05, 3.63) is 47.3 Å². The summed E-state index contributed by atoms with van der Waals surface area (Å²) in [4.78, 5) is 18.9. The molecule has 0 aliphatic carbocycles. The van der Waals surface area contributed by atoms with E-state index in [4.69, 9.17) is 0 Å². The third-order valence-corrected chi connectivity index (χ3v) is 3.24. The third-order valence-electron chi connectivity index (χ3n) is 3.24. The Labute approximate surface area is 145 Å². The molecule has 8 heteroatoms. The summed E-state index contributed by atoms with van der Waals surface area (Å²) in [5.41, 5.74) is 1.08. The van der Waals surface area contributed by atoms with Crippen molar-refractivity contribution in [1.29, 1.82) is 0 Å². The molecule has 1 N–H and O–H groups in total. The molecule has 1 aromatic rings. The number of halogens is 3. The van der Waals surface area contributed by atoms with Gasteiger partial charge in [-0.2, -0.15) is 0 Å². The van der Waals surface area contributed by atoms with Gasteiger partial charge >= 0.3 is 0 Å². The predicted octanol–water partition coefficient (Wildman–Crippen LogP) is 2.15. The maximum atomic E-state index is 13.3. The smallest absolute Gasteiger partial charge is 0.243 e. The summed E-state index contributed by atoms with van der Waals surface area (Å²) in [6, 6.07) is 1.85. The van der Waals surface area contributed by atoms with E-state index in [1.165, 1.54) is 4.90 Å². The van der Waals surface area contributed by atoms with Crippen LogP contribution in [-0.4, -0.2) is 55.9 Å². The van der Waals surface area contributed by atoms with Crippen molar-refractivity contribution < 1.29 is 18.0 Å². The number of hydrogen-bond donors (Lipinski definition) is 1. The minimum Gasteiger partial charge on any atom is -0.353 e. The van der Waals surface area contributed by atoms with Crippen molar-refractivity contribution in [3.8, 4) is 0 Å². The molecule has 25 heavy (non-hydrogen) atoms. The monoisotopic (exact) mass is 356 g/mol. The molecule has 0 fully saturated rings. The average molecular weight is 356 g/mol. The molecule has 1 rings (SSSR count). The van der Waals surface area contributed by atoms with Crippen LogP contribution in [0.2, 0.25) is 0 Å². The quantitative estimate of drug-likeness (QED) is 0.368. The lowest BCUT2D eigenvalue weighted by Gasteiger charge is -2.23. The number of rotatable bonds is 6. The summed E-state index contributed by atoms with van der Waals surface area (Å²) in [5, 5.41) is 3.02. The van der Waals surface area contributed by atoms with E-state index in [1.54, 1.807) is 26.0 Å². The summed E-state index contributed by atoms with van der Waals surface area (Å²) < 4.78 is 39.7. The highest BCUT2D eigenvalue weighted by Crippen LogP contribution is 2.14. The minimum atomic E-state index is -1.50. The Morgan fingerprint density at radius 1 is 1.20 bits per heavy atom. The van der Waals surface area contributed by atoms with Gasteiger partial charge in [-0.15, -0.1) is 0 Å². The van der Waals surface area contributed by atoms with Gasteiger partial charge in [-0.1, -0.05) is 12.2 Å². The number of carbonyl (C=O) groups is 1. The SMILES string of the molecule is C=C(C)CNC(=NCC(=O)N(C)C)N(C)Cc1cc(F)c(F)c(F)c1. The average Bonchev–Trinajstić information content (AvgIpc) is 2.51. The van der Waals surface area contributed by atoms with Crippen LogP contribution in [0.15, 0.2) is 29.3 Å². The van der Waals surface area contributed by atoms with Crippen LogP contribution in [0.5, 0.6) is 0 Å². The second kappa shape index (κ2) is 9.10. The first-order valence-electron chi connectivity index (χ1n) is 7.59. The molecule has 0 radical (unpaired) electrons. The zero-order chi connectivity index (χ0) is 19.1. The standard InChI is InChI=1S/C17H23F3N4O/c1-11(2)8-21-17(22-9-15(25)23(3)4)24(5)10-12-6-13(18)16(20)14(19)7-12/h6-7H,1,8-10H2,2-5H3,(H,21,22). The van der Waals surface area contributed by atoms with Gasteiger partial charge in [-0.05, 0) is 24.6 Å². The maximum absolute atomic E-state index is 13.3. The maximum Gasteiger partial charge on any atom is 0.243 e. The van der Waals surface area contributed by atoms with Gasteiger partial charge in [0.25, 0.3) is 0 Å².